The van der Waals surface area contributed by atoms with Crippen molar-refractivity contribution < 1.29 is 23.0 Å². The maximum atomic E-state index is 13.7. The molecule has 2 aromatic carbocycles. The van der Waals surface area contributed by atoms with Gasteiger partial charge in [-0.3, -0.25) is 9.69 Å². The maximum absolute atomic E-state index is 13.7. The standard InChI is InChI=1S/C23H23F2N3O3S/c1-15-19(21(29)27-11-13-30-14-12-27)20(17-9-5-6-10-18(17)31-22(24)25)26-23(32)28(15)16-7-3-2-4-8-16/h2-10,20,22H,11-14H2,1H3,(H,26,32). The van der Waals surface area contributed by atoms with Crippen molar-refractivity contribution in [2.24, 2.45) is 0 Å². The maximum Gasteiger partial charge on any atom is 0.387 e. The molecule has 2 aliphatic rings. The summed E-state index contributed by atoms with van der Waals surface area (Å²) in [5.74, 6) is -0.199. The van der Waals surface area contributed by atoms with E-state index >= 15 is 0 Å². The molecule has 0 spiro atoms. The number of nitrogens with one attached hydrogen (secondary N) is 1. The summed E-state index contributed by atoms with van der Waals surface area (Å²) < 4.78 is 36.3. The van der Waals surface area contributed by atoms with Gasteiger partial charge in [0, 0.05) is 30.0 Å². The van der Waals surface area contributed by atoms with Gasteiger partial charge in [0.2, 0.25) is 0 Å². The lowest BCUT2D eigenvalue weighted by molar-refractivity contribution is -0.131. The van der Waals surface area contributed by atoms with Gasteiger partial charge >= 0.3 is 6.61 Å². The first-order valence-corrected chi connectivity index (χ1v) is 10.7. The average Bonchev–Trinajstić information content (AvgIpc) is 2.80. The first-order chi connectivity index (χ1) is 15.5. The highest BCUT2D eigenvalue weighted by atomic mass is 32.1. The van der Waals surface area contributed by atoms with Crippen LogP contribution in [0, 0.1) is 0 Å². The minimum absolute atomic E-state index is 0.00367. The Hall–Kier alpha value is -3.04. The molecule has 0 bridgehead atoms. The van der Waals surface area contributed by atoms with E-state index in [1.54, 1.807) is 28.0 Å². The number of anilines is 1. The van der Waals surface area contributed by atoms with E-state index in [4.69, 9.17) is 21.7 Å². The molecule has 0 aliphatic carbocycles. The van der Waals surface area contributed by atoms with E-state index in [1.807, 2.05) is 37.3 Å². The largest absolute Gasteiger partial charge is 0.434 e. The van der Waals surface area contributed by atoms with Crippen LogP contribution in [-0.2, 0) is 9.53 Å². The fourth-order valence-corrected chi connectivity index (χ4v) is 4.36. The van der Waals surface area contributed by atoms with Crippen LogP contribution in [0.3, 0.4) is 0 Å². The van der Waals surface area contributed by atoms with Crippen molar-refractivity contribution in [2.45, 2.75) is 19.6 Å². The van der Waals surface area contributed by atoms with Gasteiger partial charge < -0.3 is 19.7 Å². The number of ether oxygens (including phenoxy) is 2. The van der Waals surface area contributed by atoms with E-state index in [0.717, 1.165) is 5.69 Å². The number of hydrogen-bond acceptors (Lipinski definition) is 4. The fraction of sp³-hybridized carbons (Fsp3) is 0.304. The number of thiocarbonyl (C=S) groups is 1. The average molecular weight is 460 g/mol. The summed E-state index contributed by atoms with van der Waals surface area (Å²) in [7, 11) is 0. The Morgan fingerprint density at radius 3 is 2.47 bits per heavy atom. The van der Waals surface area contributed by atoms with E-state index in [9.17, 15) is 13.6 Å². The number of alkyl halides is 2. The Labute approximate surface area is 190 Å². The van der Waals surface area contributed by atoms with E-state index in [2.05, 4.69) is 5.32 Å². The summed E-state index contributed by atoms with van der Waals surface area (Å²) >= 11 is 5.64. The predicted molar refractivity (Wildman–Crippen MR) is 121 cm³/mol. The molecule has 2 heterocycles. The topological polar surface area (TPSA) is 54.0 Å². The lowest BCUT2D eigenvalue weighted by Crippen LogP contribution is -2.51. The van der Waals surface area contributed by atoms with Crippen LogP contribution < -0.4 is 15.0 Å². The number of carbonyl (C=O) groups is 1. The molecule has 4 rings (SSSR count). The molecule has 9 heteroatoms. The first-order valence-electron chi connectivity index (χ1n) is 10.2. The molecule has 0 aromatic heterocycles. The summed E-state index contributed by atoms with van der Waals surface area (Å²) in [5, 5.41) is 3.56. The van der Waals surface area contributed by atoms with Gasteiger partial charge in [-0.1, -0.05) is 36.4 Å². The number of para-hydroxylation sites is 2. The Kier molecular flexibility index (Phi) is 6.66. The molecule has 168 valence electrons. The Bertz CT molecular complexity index is 1030. The van der Waals surface area contributed by atoms with Crippen LogP contribution in [0.4, 0.5) is 14.5 Å². The van der Waals surface area contributed by atoms with Crippen molar-refractivity contribution >= 4 is 28.9 Å². The smallest absolute Gasteiger partial charge is 0.387 e. The van der Waals surface area contributed by atoms with Gasteiger partial charge in [-0.05, 0) is 37.3 Å². The zero-order valence-electron chi connectivity index (χ0n) is 17.5. The number of rotatable bonds is 5. The number of halogens is 2. The van der Waals surface area contributed by atoms with Gasteiger partial charge in [-0.2, -0.15) is 8.78 Å². The lowest BCUT2D eigenvalue weighted by Gasteiger charge is -2.40. The van der Waals surface area contributed by atoms with Crippen molar-refractivity contribution in [3.63, 3.8) is 0 Å². The second-order valence-corrected chi connectivity index (χ2v) is 7.76. The van der Waals surface area contributed by atoms with E-state index < -0.39 is 12.7 Å². The zero-order valence-corrected chi connectivity index (χ0v) is 18.3. The molecule has 1 amide bonds. The normalized spacial score (nSPS) is 19.2. The third-order valence-electron chi connectivity index (χ3n) is 5.47. The van der Waals surface area contributed by atoms with E-state index in [0.29, 0.717) is 48.2 Å². The number of carbonyl (C=O) groups excluding carboxylic acids is 1. The molecule has 6 nitrogen and oxygen atoms in total. The highest BCUT2D eigenvalue weighted by molar-refractivity contribution is 7.80. The molecule has 1 unspecified atom stereocenters. The van der Waals surface area contributed by atoms with Crippen molar-refractivity contribution in [1.29, 1.82) is 0 Å². The molecule has 0 radical (unpaired) electrons. The Balaban J connectivity index is 1.83. The monoisotopic (exact) mass is 459 g/mol. The Morgan fingerprint density at radius 1 is 1.12 bits per heavy atom. The zero-order chi connectivity index (χ0) is 22.7. The second kappa shape index (κ2) is 9.62. The predicted octanol–water partition coefficient (Wildman–Crippen LogP) is 3.86. The van der Waals surface area contributed by atoms with Crippen LogP contribution >= 0.6 is 12.2 Å². The molecule has 2 aromatic rings. The lowest BCUT2D eigenvalue weighted by atomic mass is 9.92. The van der Waals surface area contributed by atoms with Crippen LogP contribution in [0.5, 0.6) is 5.75 Å². The molecular weight excluding hydrogens is 436 g/mol. The number of amides is 1. The van der Waals surface area contributed by atoms with Gasteiger partial charge in [0.25, 0.3) is 5.91 Å². The summed E-state index contributed by atoms with van der Waals surface area (Å²) in [5.41, 5.74) is 2.27. The van der Waals surface area contributed by atoms with Crippen LogP contribution in [-0.4, -0.2) is 48.8 Å². The molecule has 1 N–H and O–H groups in total. The van der Waals surface area contributed by atoms with E-state index in [-0.39, 0.29) is 11.7 Å². The van der Waals surface area contributed by atoms with Crippen LogP contribution in [0.2, 0.25) is 0 Å². The molecule has 1 saturated heterocycles. The number of benzene rings is 2. The van der Waals surface area contributed by atoms with Gasteiger partial charge in [0.1, 0.15) is 5.75 Å². The third kappa shape index (κ3) is 4.44. The summed E-state index contributed by atoms with van der Waals surface area (Å²) in [6, 6.07) is 15.1. The Morgan fingerprint density at radius 2 is 1.78 bits per heavy atom. The molecule has 0 saturated carbocycles. The molecular formula is C23H23F2N3O3S. The molecule has 32 heavy (non-hydrogen) atoms. The molecule has 1 fully saturated rings. The van der Waals surface area contributed by atoms with Crippen LogP contribution in [0.15, 0.2) is 65.9 Å². The SMILES string of the molecule is CC1=C(C(=O)N2CCOCC2)C(c2ccccc2OC(F)F)NC(=S)N1c1ccccc1. The summed E-state index contributed by atoms with van der Waals surface area (Å²) in [6.45, 7) is 0.623. The number of allylic oxidation sites excluding steroid dienone is 1. The highest BCUT2D eigenvalue weighted by Crippen LogP contribution is 2.38. The van der Waals surface area contributed by atoms with Gasteiger partial charge in [-0.15, -0.1) is 0 Å². The molecule has 2 aliphatic heterocycles. The third-order valence-corrected chi connectivity index (χ3v) is 5.77. The fourth-order valence-electron chi connectivity index (χ4n) is 4.00. The van der Waals surface area contributed by atoms with Crippen LogP contribution in [0.25, 0.3) is 0 Å². The van der Waals surface area contributed by atoms with Gasteiger partial charge in [-0.25, -0.2) is 0 Å². The van der Waals surface area contributed by atoms with Crippen LogP contribution in [0.1, 0.15) is 18.5 Å². The van der Waals surface area contributed by atoms with Gasteiger partial charge in [0.05, 0.1) is 24.8 Å². The number of morpholine rings is 1. The van der Waals surface area contributed by atoms with E-state index in [1.165, 1.54) is 6.07 Å². The van der Waals surface area contributed by atoms with Crippen molar-refractivity contribution in [1.82, 2.24) is 10.2 Å². The number of nitrogens with zero attached hydrogens (tertiary/aromatic N) is 2. The second-order valence-electron chi connectivity index (χ2n) is 7.37. The number of hydrogen-bond donors (Lipinski definition) is 1. The van der Waals surface area contributed by atoms with Crippen molar-refractivity contribution in [3.8, 4) is 5.75 Å². The summed E-state index contributed by atoms with van der Waals surface area (Å²) in [6.07, 6.45) is 0. The summed E-state index contributed by atoms with van der Waals surface area (Å²) in [4.78, 5) is 17.2. The highest BCUT2D eigenvalue weighted by Gasteiger charge is 2.38. The quantitative estimate of drug-likeness (QED) is 0.686. The first kappa shape index (κ1) is 22.2. The van der Waals surface area contributed by atoms with Crippen molar-refractivity contribution in [3.05, 3.63) is 71.4 Å². The minimum Gasteiger partial charge on any atom is -0.434 e. The minimum atomic E-state index is -2.99. The van der Waals surface area contributed by atoms with Gasteiger partial charge in [0.15, 0.2) is 5.11 Å². The molecule has 1 atom stereocenters. The van der Waals surface area contributed by atoms with Crippen molar-refractivity contribution in [2.75, 3.05) is 31.2 Å².